The molecule has 0 unspecified atom stereocenters. The highest BCUT2D eigenvalue weighted by Crippen LogP contribution is 2.31. The topological polar surface area (TPSA) is 52.3 Å². The highest BCUT2D eigenvalue weighted by Gasteiger charge is 2.16. The largest absolute Gasteiger partial charge is 0.410 e. The first-order valence-electron chi connectivity index (χ1n) is 16.2. The molecule has 37 heavy (non-hydrogen) atoms. The van der Waals surface area contributed by atoms with Crippen molar-refractivity contribution in [1.82, 2.24) is 0 Å². The predicted octanol–water partition coefficient (Wildman–Crippen LogP) is 11.0. The average molecular weight is 516 g/mol. The van der Waals surface area contributed by atoms with Gasteiger partial charge in [-0.2, -0.15) is 0 Å². The summed E-state index contributed by atoms with van der Waals surface area (Å²) in [6, 6.07) is 4.24. The van der Waals surface area contributed by atoms with Crippen molar-refractivity contribution in [2.24, 2.45) is 5.73 Å². The van der Waals surface area contributed by atoms with Crippen LogP contribution in [0.5, 0.6) is 5.75 Å². The summed E-state index contributed by atoms with van der Waals surface area (Å²) >= 11 is 0. The van der Waals surface area contributed by atoms with E-state index in [0.29, 0.717) is 5.75 Å². The van der Waals surface area contributed by atoms with Crippen molar-refractivity contribution in [3.05, 3.63) is 28.8 Å². The Bertz CT molecular complexity index is 685. The summed E-state index contributed by atoms with van der Waals surface area (Å²) in [6.07, 6.45) is 30.1. The number of aryl methyl sites for hydroxylation is 1. The fourth-order valence-electron chi connectivity index (χ4n) is 5.53. The van der Waals surface area contributed by atoms with Gasteiger partial charge in [-0.3, -0.25) is 0 Å². The van der Waals surface area contributed by atoms with E-state index in [0.717, 1.165) is 25.7 Å². The number of ether oxygens (including phenoxy) is 1. The van der Waals surface area contributed by atoms with Crippen molar-refractivity contribution < 1.29 is 9.53 Å². The minimum atomic E-state index is -0.692. The molecule has 0 radical (unpaired) electrons. The maximum Gasteiger partial charge on any atom is 0.409 e. The molecule has 1 aromatic carbocycles. The van der Waals surface area contributed by atoms with Crippen LogP contribution in [-0.2, 0) is 19.3 Å². The quantitative estimate of drug-likeness (QED) is 0.132. The lowest BCUT2D eigenvalue weighted by molar-refractivity contribution is 0.210. The molecule has 0 spiro atoms. The number of carbonyl (C=O) groups excluding carboxylic acids is 1. The van der Waals surface area contributed by atoms with Crippen LogP contribution < -0.4 is 10.5 Å². The fraction of sp³-hybridized carbons (Fsp3) is 0.794. The molecule has 1 rings (SSSR count). The summed E-state index contributed by atoms with van der Waals surface area (Å²) in [4.78, 5) is 11.7. The van der Waals surface area contributed by atoms with E-state index < -0.39 is 6.09 Å². The number of rotatable bonds is 25. The number of benzene rings is 1. The molecule has 1 amide bonds. The van der Waals surface area contributed by atoms with Crippen molar-refractivity contribution in [1.29, 1.82) is 0 Å². The third-order valence-electron chi connectivity index (χ3n) is 7.81. The van der Waals surface area contributed by atoms with Gasteiger partial charge >= 0.3 is 6.09 Å². The molecule has 1 aromatic rings. The fourth-order valence-corrected chi connectivity index (χ4v) is 5.53. The Hall–Kier alpha value is -1.51. The first-order valence-corrected chi connectivity index (χ1v) is 16.2. The monoisotopic (exact) mass is 515 g/mol. The number of hydrogen-bond acceptors (Lipinski definition) is 2. The van der Waals surface area contributed by atoms with E-state index in [1.165, 1.54) is 145 Å². The Morgan fingerprint density at radius 2 is 0.919 bits per heavy atom. The zero-order valence-electron chi connectivity index (χ0n) is 25.0. The zero-order chi connectivity index (χ0) is 27.0. The van der Waals surface area contributed by atoms with Gasteiger partial charge in [0.05, 0.1) is 0 Å². The van der Waals surface area contributed by atoms with E-state index >= 15 is 0 Å². The Morgan fingerprint density at radius 1 is 0.541 bits per heavy atom. The molecule has 0 aliphatic carbocycles. The zero-order valence-corrected chi connectivity index (χ0v) is 25.0. The molecule has 3 nitrogen and oxygen atoms in total. The molecule has 0 atom stereocenters. The van der Waals surface area contributed by atoms with Crippen LogP contribution in [0.1, 0.15) is 172 Å². The van der Waals surface area contributed by atoms with Gasteiger partial charge in [-0.25, -0.2) is 4.79 Å². The Kier molecular flexibility index (Phi) is 21.4. The second-order valence-electron chi connectivity index (χ2n) is 11.2. The lowest BCUT2D eigenvalue weighted by atomic mass is 9.89. The van der Waals surface area contributed by atoms with E-state index in [1.807, 2.05) is 6.07 Å². The molecule has 0 saturated carbocycles. The Labute approximate surface area is 230 Å². The van der Waals surface area contributed by atoms with Crippen LogP contribution in [0.2, 0.25) is 0 Å². The Balaban J connectivity index is 2.85. The van der Waals surface area contributed by atoms with Crippen LogP contribution in [0.3, 0.4) is 0 Å². The summed E-state index contributed by atoms with van der Waals surface area (Å²) in [7, 11) is 0. The molecule has 0 aliphatic heterocycles. The maximum atomic E-state index is 11.7. The van der Waals surface area contributed by atoms with Crippen LogP contribution in [0.4, 0.5) is 4.79 Å². The third kappa shape index (κ3) is 16.8. The van der Waals surface area contributed by atoms with Gasteiger partial charge in [0.2, 0.25) is 0 Å². The molecule has 0 fully saturated rings. The molecule has 0 aromatic heterocycles. The minimum Gasteiger partial charge on any atom is -0.410 e. The second-order valence-corrected chi connectivity index (χ2v) is 11.2. The first-order chi connectivity index (χ1) is 18.1. The van der Waals surface area contributed by atoms with Crippen molar-refractivity contribution in [2.45, 2.75) is 175 Å². The van der Waals surface area contributed by atoms with E-state index in [-0.39, 0.29) is 0 Å². The van der Waals surface area contributed by atoms with Crippen molar-refractivity contribution in [2.75, 3.05) is 0 Å². The number of hydrogen-bond donors (Lipinski definition) is 1. The lowest BCUT2D eigenvalue weighted by Crippen LogP contribution is -2.18. The SMILES string of the molecule is CCCCCCCCCc1ccc(OC(N)=O)c(CCCCCCCCC)c1CCCCCCCCC. The summed E-state index contributed by atoms with van der Waals surface area (Å²) in [5.41, 5.74) is 9.68. The number of primary amides is 1. The van der Waals surface area contributed by atoms with Gasteiger partial charge in [-0.05, 0) is 61.3 Å². The van der Waals surface area contributed by atoms with Gasteiger partial charge in [-0.15, -0.1) is 0 Å². The molecule has 214 valence electrons. The molecule has 3 heteroatoms. The van der Waals surface area contributed by atoms with Crippen molar-refractivity contribution in [3.8, 4) is 5.75 Å². The van der Waals surface area contributed by atoms with E-state index in [1.54, 1.807) is 0 Å². The molecule has 0 heterocycles. The molecule has 2 N–H and O–H groups in total. The minimum absolute atomic E-state index is 0.692. The molecule has 0 saturated heterocycles. The molecular weight excluding hydrogens is 454 g/mol. The smallest absolute Gasteiger partial charge is 0.409 e. The highest BCUT2D eigenvalue weighted by atomic mass is 16.5. The van der Waals surface area contributed by atoms with Crippen molar-refractivity contribution >= 4 is 6.09 Å². The van der Waals surface area contributed by atoms with E-state index in [2.05, 4.69) is 26.8 Å². The maximum absolute atomic E-state index is 11.7. The van der Waals surface area contributed by atoms with Gasteiger partial charge in [0.1, 0.15) is 5.75 Å². The number of carbonyl (C=O) groups is 1. The van der Waals surface area contributed by atoms with Crippen LogP contribution >= 0.6 is 0 Å². The normalized spacial score (nSPS) is 11.2. The first kappa shape index (κ1) is 33.5. The van der Waals surface area contributed by atoms with Crippen LogP contribution in [0.15, 0.2) is 12.1 Å². The summed E-state index contributed by atoms with van der Waals surface area (Å²) in [5.74, 6) is 0.708. The summed E-state index contributed by atoms with van der Waals surface area (Å²) in [5, 5.41) is 0. The van der Waals surface area contributed by atoms with Gasteiger partial charge in [0.25, 0.3) is 0 Å². The molecule has 0 aliphatic rings. The summed E-state index contributed by atoms with van der Waals surface area (Å²) in [6.45, 7) is 6.83. The number of nitrogens with two attached hydrogens (primary N) is 1. The van der Waals surface area contributed by atoms with E-state index in [4.69, 9.17) is 10.5 Å². The van der Waals surface area contributed by atoms with Crippen LogP contribution in [0.25, 0.3) is 0 Å². The molecular formula is C34H61NO2. The standard InChI is InChI=1S/C34H61NO2/c1-4-7-10-13-16-19-22-25-30-28-29-33(37-34(35)36)32(27-24-21-18-15-12-9-6-3)31(30)26-23-20-17-14-11-8-5-2/h28-29H,4-27H2,1-3H3,(H2,35,36). The van der Waals surface area contributed by atoms with Crippen LogP contribution in [0, 0.1) is 0 Å². The molecule has 0 bridgehead atoms. The summed E-state index contributed by atoms with van der Waals surface area (Å²) < 4.78 is 5.54. The van der Waals surface area contributed by atoms with Gasteiger partial charge in [0, 0.05) is 0 Å². The predicted molar refractivity (Wildman–Crippen MR) is 162 cm³/mol. The second kappa shape index (κ2) is 23.6. The Morgan fingerprint density at radius 3 is 1.35 bits per heavy atom. The van der Waals surface area contributed by atoms with Crippen LogP contribution in [-0.4, -0.2) is 6.09 Å². The lowest BCUT2D eigenvalue weighted by Gasteiger charge is -2.19. The van der Waals surface area contributed by atoms with Gasteiger partial charge < -0.3 is 10.5 Å². The highest BCUT2D eigenvalue weighted by molar-refractivity contribution is 5.69. The average Bonchev–Trinajstić information content (AvgIpc) is 2.88. The number of unbranched alkanes of at least 4 members (excludes halogenated alkanes) is 18. The number of amides is 1. The van der Waals surface area contributed by atoms with Crippen molar-refractivity contribution in [3.63, 3.8) is 0 Å². The van der Waals surface area contributed by atoms with Gasteiger partial charge in [-0.1, -0.05) is 142 Å². The van der Waals surface area contributed by atoms with E-state index in [9.17, 15) is 4.79 Å². The third-order valence-corrected chi connectivity index (χ3v) is 7.81. The van der Waals surface area contributed by atoms with Gasteiger partial charge in [0.15, 0.2) is 0 Å².